The molecule has 1 saturated carbocycles. The van der Waals surface area contributed by atoms with E-state index in [-0.39, 0.29) is 12.8 Å². The molecule has 8 heavy (non-hydrogen) atoms. The number of hydrogen-bond acceptors (Lipinski definition) is 1. The molecule has 1 aliphatic carbocycles. The van der Waals surface area contributed by atoms with E-state index in [0.717, 1.165) is 0 Å². The SMILES string of the molecule is O=C1CCC(F)C1F. The van der Waals surface area contributed by atoms with Crippen molar-refractivity contribution in [3.05, 3.63) is 0 Å². The molecular formula is C5H6F2O. The van der Waals surface area contributed by atoms with E-state index in [1.165, 1.54) is 0 Å². The average molecular weight is 120 g/mol. The second kappa shape index (κ2) is 1.80. The van der Waals surface area contributed by atoms with E-state index < -0.39 is 18.1 Å². The molecule has 2 atom stereocenters. The molecule has 0 aromatic carbocycles. The first-order valence-electron chi connectivity index (χ1n) is 2.52. The van der Waals surface area contributed by atoms with Gasteiger partial charge in [0, 0.05) is 6.42 Å². The van der Waals surface area contributed by atoms with Crippen LogP contribution in [0.2, 0.25) is 0 Å². The quantitative estimate of drug-likeness (QED) is 0.466. The number of carbonyl (C=O) groups is 1. The van der Waals surface area contributed by atoms with Crippen LogP contribution >= 0.6 is 0 Å². The van der Waals surface area contributed by atoms with Gasteiger partial charge in [-0.2, -0.15) is 0 Å². The molecule has 0 radical (unpaired) electrons. The number of halogens is 2. The molecule has 3 heteroatoms. The van der Waals surface area contributed by atoms with Crippen molar-refractivity contribution < 1.29 is 13.6 Å². The van der Waals surface area contributed by atoms with E-state index in [9.17, 15) is 13.6 Å². The number of carbonyl (C=O) groups excluding carboxylic acids is 1. The molecule has 0 heterocycles. The highest BCUT2D eigenvalue weighted by Gasteiger charge is 2.34. The van der Waals surface area contributed by atoms with Crippen molar-refractivity contribution in [1.29, 1.82) is 0 Å². The van der Waals surface area contributed by atoms with Gasteiger partial charge in [0.1, 0.15) is 6.17 Å². The minimum Gasteiger partial charge on any atom is -0.296 e. The largest absolute Gasteiger partial charge is 0.296 e. The third-order valence-electron chi connectivity index (χ3n) is 1.29. The molecule has 2 unspecified atom stereocenters. The molecule has 0 aromatic heterocycles. The van der Waals surface area contributed by atoms with E-state index >= 15 is 0 Å². The fourth-order valence-corrected chi connectivity index (χ4v) is 0.766. The van der Waals surface area contributed by atoms with Gasteiger partial charge in [-0.1, -0.05) is 0 Å². The molecule has 0 saturated heterocycles. The maximum Gasteiger partial charge on any atom is 0.189 e. The monoisotopic (exact) mass is 120 g/mol. The van der Waals surface area contributed by atoms with Crippen LogP contribution in [0.25, 0.3) is 0 Å². The number of ketones is 1. The number of Topliss-reactive ketones (excluding diaryl/α,β-unsaturated/α-hetero) is 1. The van der Waals surface area contributed by atoms with Crippen molar-refractivity contribution in [1.82, 2.24) is 0 Å². The average Bonchev–Trinajstić information content (AvgIpc) is 1.98. The Morgan fingerprint density at radius 2 is 2.12 bits per heavy atom. The summed E-state index contributed by atoms with van der Waals surface area (Å²) < 4.78 is 24.0. The van der Waals surface area contributed by atoms with Crippen LogP contribution in [0.1, 0.15) is 12.8 Å². The molecule has 0 aliphatic heterocycles. The summed E-state index contributed by atoms with van der Waals surface area (Å²) >= 11 is 0. The zero-order valence-corrected chi connectivity index (χ0v) is 4.23. The Morgan fingerprint density at radius 3 is 2.25 bits per heavy atom. The van der Waals surface area contributed by atoms with Crippen LogP contribution in [-0.2, 0) is 4.79 Å². The van der Waals surface area contributed by atoms with Gasteiger partial charge < -0.3 is 0 Å². The lowest BCUT2D eigenvalue weighted by atomic mass is 10.3. The van der Waals surface area contributed by atoms with Gasteiger partial charge in [0.15, 0.2) is 12.0 Å². The molecule has 0 aromatic rings. The molecule has 0 spiro atoms. The Hall–Kier alpha value is -0.470. The van der Waals surface area contributed by atoms with Crippen LogP contribution in [0.4, 0.5) is 8.78 Å². The number of hydrogen-bond donors (Lipinski definition) is 0. The Kier molecular flexibility index (Phi) is 1.27. The topological polar surface area (TPSA) is 17.1 Å². The molecular weight excluding hydrogens is 114 g/mol. The minimum absolute atomic E-state index is 0.0694. The van der Waals surface area contributed by atoms with Gasteiger partial charge in [-0.05, 0) is 6.42 Å². The predicted molar refractivity (Wildman–Crippen MR) is 24.0 cm³/mol. The van der Waals surface area contributed by atoms with E-state index in [1.807, 2.05) is 0 Å². The molecule has 1 nitrogen and oxygen atoms in total. The third kappa shape index (κ3) is 0.723. The zero-order chi connectivity index (χ0) is 6.15. The summed E-state index contributed by atoms with van der Waals surface area (Å²) in [6, 6.07) is 0. The summed E-state index contributed by atoms with van der Waals surface area (Å²) in [5, 5.41) is 0. The number of alkyl halides is 2. The molecule has 1 fully saturated rings. The molecule has 0 amide bonds. The first-order valence-corrected chi connectivity index (χ1v) is 2.52. The Bertz CT molecular complexity index is 113. The van der Waals surface area contributed by atoms with Crippen LogP contribution in [0.3, 0.4) is 0 Å². The van der Waals surface area contributed by atoms with Crippen molar-refractivity contribution in [2.24, 2.45) is 0 Å². The highest BCUT2D eigenvalue weighted by atomic mass is 19.2. The van der Waals surface area contributed by atoms with Gasteiger partial charge in [0.05, 0.1) is 0 Å². The van der Waals surface area contributed by atoms with Crippen molar-refractivity contribution in [2.75, 3.05) is 0 Å². The maximum atomic E-state index is 12.0. The van der Waals surface area contributed by atoms with Crippen molar-refractivity contribution >= 4 is 5.78 Å². The van der Waals surface area contributed by atoms with Gasteiger partial charge >= 0.3 is 0 Å². The first kappa shape index (κ1) is 5.66. The first-order chi connectivity index (χ1) is 3.72. The highest BCUT2D eigenvalue weighted by Crippen LogP contribution is 2.21. The fourth-order valence-electron chi connectivity index (χ4n) is 0.766. The van der Waals surface area contributed by atoms with Gasteiger partial charge in [-0.15, -0.1) is 0 Å². The maximum absolute atomic E-state index is 12.0. The predicted octanol–water partition coefficient (Wildman–Crippen LogP) is 1.03. The van der Waals surface area contributed by atoms with Gasteiger partial charge in [-0.25, -0.2) is 8.78 Å². The summed E-state index contributed by atoms with van der Waals surface area (Å²) in [5.41, 5.74) is 0. The lowest BCUT2D eigenvalue weighted by Gasteiger charge is -1.95. The van der Waals surface area contributed by atoms with Crippen LogP contribution in [-0.4, -0.2) is 18.1 Å². The Labute approximate surface area is 45.7 Å². The third-order valence-corrected chi connectivity index (χ3v) is 1.29. The van der Waals surface area contributed by atoms with Gasteiger partial charge in [0.25, 0.3) is 0 Å². The van der Waals surface area contributed by atoms with Crippen LogP contribution < -0.4 is 0 Å². The Morgan fingerprint density at radius 1 is 1.50 bits per heavy atom. The molecule has 0 bridgehead atoms. The van der Waals surface area contributed by atoms with Gasteiger partial charge in [-0.3, -0.25) is 4.79 Å². The standard InChI is InChI=1S/C5H6F2O/c6-3-1-2-4(8)5(3)7/h3,5H,1-2H2. The van der Waals surface area contributed by atoms with Crippen molar-refractivity contribution in [3.8, 4) is 0 Å². The summed E-state index contributed by atoms with van der Waals surface area (Å²) in [6.07, 6.45) is -3.21. The van der Waals surface area contributed by atoms with Crippen LogP contribution in [0, 0.1) is 0 Å². The van der Waals surface area contributed by atoms with Crippen molar-refractivity contribution in [2.45, 2.75) is 25.2 Å². The van der Waals surface area contributed by atoms with Crippen LogP contribution in [0.5, 0.6) is 0 Å². The molecule has 46 valence electrons. The van der Waals surface area contributed by atoms with Crippen LogP contribution in [0.15, 0.2) is 0 Å². The van der Waals surface area contributed by atoms with E-state index in [1.54, 1.807) is 0 Å². The molecule has 0 N–H and O–H groups in total. The van der Waals surface area contributed by atoms with E-state index in [4.69, 9.17) is 0 Å². The molecule has 1 rings (SSSR count). The van der Waals surface area contributed by atoms with E-state index in [2.05, 4.69) is 0 Å². The summed E-state index contributed by atoms with van der Waals surface area (Å²) in [7, 11) is 0. The highest BCUT2D eigenvalue weighted by molar-refractivity contribution is 5.85. The second-order valence-corrected chi connectivity index (χ2v) is 1.92. The van der Waals surface area contributed by atoms with Crippen molar-refractivity contribution in [3.63, 3.8) is 0 Å². The zero-order valence-electron chi connectivity index (χ0n) is 4.23. The second-order valence-electron chi connectivity index (χ2n) is 1.92. The lowest BCUT2D eigenvalue weighted by molar-refractivity contribution is -0.122. The Balaban J connectivity index is 2.56. The lowest BCUT2D eigenvalue weighted by Crippen LogP contribution is -2.15. The van der Waals surface area contributed by atoms with Gasteiger partial charge in [0.2, 0.25) is 0 Å². The summed E-state index contributed by atoms with van der Waals surface area (Å²) in [6.45, 7) is 0. The number of rotatable bonds is 0. The minimum atomic E-state index is -1.82. The smallest absolute Gasteiger partial charge is 0.189 e. The summed E-state index contributed by atoms with van der Waals surface area (Å²) in [5.74, 6) is -0.586. The normalized spacial score (nSPS) is 38.5. The fraction of sp³-hybridized carbons (Fsp3) is 0.800. The van der Waals surface area contributed by atoms with E-state index in [0.29, 0.717) is 0 Å². The summed E-state index contributed by atoms with van der Waals surface area (Å²) in [4.78, 5) is 10.2. The molecule has 1 aliphatic rings.